The minimum Gasteiger partial charge on any atom is -0.475 e. The number of hydrogen-bond acceptors (Lipinski definition) is 5. The Labute approximate surface area is 143 Å². The summed E-state index contributed by atoms with van der Waals surface area (Å²) < 4.78 is 5.84. The number of nitrogens with one attached hydrogen (secondary N) is 1. The molecule has 0 unspecified atom stereocenters. The predicted molar refractivity (Wildman–Crippen MR) is 93.9 cm³/mol. The van der Waals surface area contributed by atoms with Gasteiger partial charge in [0.2, 0.25) is 5.88 Å². The van der Waals surface area contributed by atoms with Gasteiger partial charge in [-0.15, -0.1) is 0 Å². The zero-order valence-electron chi connectivity index (χ0n) is 13.9. The maximum absolute atomic E-state index is 5.84. The zero-order chi connectivity index (χ0) is 16.2. The number of hydrogen-bond donors (Lipinski definition) is 1. The standard InChI is InChI=1S/C19H24N4O/c1-2-4-16(5-3-1)13-23-10-11-24-19-17(14-23)21-12-18(22-19)20-9-8-15-6-7-15/h1-5,12,15H,6-11,13-14H2,(H,20,22). The molecule has 24 heavy (non-hydrogen) atoms. The summed E-state index contributed by atoms with van der Waals surface area (Å²) in [4.78, 5) is 11.6. The van der Waals surface area contributed by atoms with Crippen molar-refractivity contribution in [3.63, 3.8) is 0 Å². The average Bonchev–Trinajstić information content (AvgIpc) is 3.43. The summed E-state index contributed by atoms with van der Waals surface area (Å²) in [6.45, 7) is 4.20. The summed E-state index contributed by atoms with van der Waals surface area (Å²) in [7, 11) is 0. The molecule has 0 saturated heterocycles. The highest BCUT2D eigenvalue weighted by Crippen LogP contribution is 2.32. The molecule has 0 bridgehead atoms. The van der Waals surface area contributed by atoms with Crippen molar-refractivity contribution in [1.82, 2.24) is 14.9 Å². The molecule has 1 fully saturated rings. The molecule has 0 atom stereocenters. The van der Waals surface area contributed by atoms with Crippen molar-refractivity contribution in [2.24, 2.45) is 5.92 Å². The molecule has 5 heteroatoms. The van der Waals surface area contributed by atoms with Crippen molar-refractivity contribution in [2.75, 3.05) is 25.0 Å². The molecule has 0 radical (unpaired) electrons. The number of rotatable bonds is 6. The van der Waals surface area contributed by atoms with Gasteiger partial charge in [-0.3, -0.25) is 9.88 Å². The van der Waals surface area contributed by atoms with Crippen molar-refractivity contribution in [2.45, 2.75) is 32.4 Å². The topological polar surface area (TPSA) is 50.3 Å². The Bertz CT molecular complexity index is 672. The molecule has 1 aromatic carbocycles. The van der Waals surface area contributed by atoms with E-state index in [-0.39, 0.29) is 0 Å². The molecule has 1 N–H and O–H groups in total. The van der Waals surface area contributed by atoms with Gasteiger partial charge in [-0.1, -0.05) is 43.2 Å². The van der Waals surface area contributed by atoms with Crippen LogP contribution in [0.25, 0.3) is 0 Å². The SMILES string of the molecule is c1ccc(CN2CCOc3nc(NCCC4CC4)cnc3C2)cc1. The number of nitrogens with zero attached hydrogens (tertiary/aromatic N) is 3. The van der Waals surface area contributed by atoms with Gasteiger partial charge >= 0.3 is 0 Å². The van der Waals surface area contributed by atoms with Gasteiger partial charge in [-0.25, -0.2) is 0 Å². The number of aromatic nitrogens is 2. The van der Waals surface area contributed by atoms with E-state index in [1.807, 2.05) is 12.3 Å². The van der Waals surface area contributed by atoms with E-state index < -0.39 is 0 Å². The third-order valence-electron chi connectivity index (χ3n) is 4.64. The van der Waals surface area contributed by atoms with Crippen LogP contribution in [0.5, 0.6) is 5.88 Å². The fourth-order valence-corrected chi connectivity index (χ4v) is 3.06. The molecular formula is C19H24N4O. The Morgan fingerprint density at radius 2 is 2.08 bits per heavy atom. The fourth-order valence-electron chi connectivity index (χ4n) is 3.06. The van der Waals surface area contributed by atoms with E-state index in [2.05, 4.69) is 44.5 Å². The first kappa shape index (κ1) is 15.4. The Hall–Kier alpha value is -2.14. The normalized spacial score (nSPS) is 17.7. The molecule has 1 saturated carbocycles. The van der Waals surface area contributed by atoms with Crippen LogP contribution in [0, 0.1) is 5.92 Å². The van der Waals surface area contributed by atoms with Gasteiger partial charge in [-0.05, 0) is 17.9 Å². The van der Waals surface area contributed by atoms with Crippen LogP contribution in [-0.4, -0.2) is 34.6 Å². The Morgan fingerprint density at radius 1 is 1.21 bits per heavy atom. The van der Waals surface area contributed by atoms with Crippen LogP contribution in [-0.2, 0) is 13.1 Å². The van der Waals surface area contributed by atoms with E-state index in [4.69, 9.17) is 4.74 Å². The van der Waals surface area contributed by atoms with E-state index in [1.165, 1.54) is 24.8 Å². The molecule has 2 aliphatic rings. The predicted octanol–water partition coefficient (Wildman–Crippen LogP) is 3.08. The molecule has 126 valence electrons. The molecule has 1 aliphatic carbocycles. The first-order valence-electron chi connectivity index (χ1n) is 8.86. The lowest BCUT2D eigenvalue weighted by molar-refractivity contribution is 0.217. The lowest BCUT2D eigenvalue weighted by Crippen LogP contribution is -2.25. The largest absolute Gasteiger partial charge is 0.475 e. The second kappa shape index (κ2) is 7.18. The third-order valence-corrected chi connectivity index (χ3v) is 4.64. The quantitative estimate of drug-likeness (QED) is 0.885. The minimum atomic E-state index is 0.653. The smallest absolute Gasteiger partial charge is 0.239 e. The van der Waals surface area contributed by atoms with Crippen LogP contribution in [0.4, 0.5) is 5.82 Å². The highest BCUT2D eigenvalue weighted by Gasteiger charge is 2.21. The molecule has 1 aromatic heterocycles. The monoisotopic (exact) mass is 324 g/mol. The van der Waals surface area contributed by atoms with Gasteiger partial charge in [0.05, 0.1) is 6.20 Å². The van der Waals surface area contributed by atoms with Crippen LogP contribution in [0.3, 0.4) is 0 Å². The third kappa shape index (κ3) is 4.03. The summed E-state index contributed by atoms with van der Waals surface area (Å²) in [5.41, 5.74) is 2.24. The van der Waals surface area contributed by atoms with E-state index in [9.17, 15) is 0 Å². The molecule has 1 aliphatic heterocycles. The number of fused-ring (bicyclic) bond motifs is 1. The summed E-state index contributed by atoms with van der Waals surface area (Å²) in [6, 6.07) is 10.5. The number of anilines is 1. The Morgan fingerprint density at radius 3 is 2.92 bits per heavy atom. The molecule has 2 aromatic rings. The Kier molecular flexibility index (Phi) is 4.60. The molecule has 4 rings (SSSR count). The highest BCUT2D eigenvalue weighted by molar-refractivity contribution is 5.36. The van der Waals surface area contributed by atoms with Gasteiger partial charge < -0.3 is 10.1 Å². The van der Waals surface area contributed by atoms with Crippen LogP contribution < -0.4 is 10.1 Å². The second-order valence-corrected chi connectivity index (χ2v) is 6.71. The fraction of sp³-hybridized carbons (Fsp3) is 0.474. The lowest BCUT2D eigenvalue weighted by Gasteiger charge is -2.18. The van der Waals surface area contributed by atoms with Crippen LogP contribution in [0.1, 0.15) is 30.5 Å². The first-order chi connectivity index (χ1) is 11.9. The maximum Gasteiger partial charge on any atom is 0.239 e. The molecular weight excluding hydrogens is 300 g/mol. The van der Waals surface area contributed by atoms with Crippen LogP contribution in [0.2, 0.25) is 0 Å². The van der Waals surface area contributed by atoms with Crippen LogP contribution >= 0.6 is 0 Å². The summed E-state index contributed by atoms with van der Waals surface area (Å²) >= 11 is 0. The summed E-state index contributed by atoms with van der Waals surface area (Å²) in [5.74, 6) is 2.43. The lowest BCUT2D eigenvalue weighted by atomic mass is 10.2. The molecule has 5 nitrogen and oxygen atoms in total. The maximum atomic E-state index is 5.84. The van der Waals surface area contributed by atoms with Gasteiger partial charge in [0.15, 0.2) is 0 Å². The van der Waals surface area contributed by atoms with Gasteiger partial charge in [-0.2, -0.15) is 4.98 Å². The first-order valence-corrected chi connectivity index (χ1v) is 8.86. The highest BCUT2D eigenvalue weighted by atomic mass is 16.5. The van der Waals surface area contributed by atoms with Crippen molar-refractivity contribution in [3.8, 4) is 5.88 Å². The molecule has 0 spiro atoms. The van der Waals surface area contributed by atoms with Gasteiger partial charge in [0.25, 0.3) is 0 Å². The summed E-state index contributed by atoms with van der Waals surface area (Å²) in [6.07, 6.45) is 5.83. The van der Waals surface area contributed by atoms with Crippen molar-refractivity contribution in [3.05, 3.63) is 47.8 Å². The molecule has 2 heterocycles. The van der Waals surface area contributed by atoms with Crippen molar-refractivity contribution in [1.29, 1.82) is 0 Å². The number of ether oxygens (including phenoxy) is 1. The van der Waals surface area contributed by atoms with Crippen molar-refractivity contribution < 1.29 is 4.74 Å². The van der Waals surface area contributed by atoms with E-state index in [0.29, 0.717) is 12.5 Å². The zero-order valence-corrected chi connectivity index (χ0v) is 13.9. The minimum absolute atomic E-state index is 0.653. The van der Waals surface area contributed by atoms with Crippen molar-refractivity contribution >= 4 is 5.82 Å². The van der Waals surface area contributed by atoms with Gasteiger partial charge in [0.1, 0.15) is 18.1 Å². The Balaban J connectivity index is 1.39. The average molecular weight is 324 g/mol. The van der Waals surface area contributed by atoms with Gasteiger partial charge in [0, 0.05) is 26.2 Å². The number of benzene rings is 1. The van der Waals surface area contributed by atoms with E-state index >= 15 is 0 Å². The van der Waals surface area contributed by atoms with Crippen LogP contribution in [0.15, 0.2) is 36.5 Å². The molecule has 0 amide bonds. The summed E-state index contributed by atoms with van der Waals surface area (Å²) in [5, 5.41) is 3.37. The van der Waals surface area contributed by atoms with E-state index in [0.717, 1.165) is 43.6 Å². The second-order valence-electron chi connectivity index (χ2n) is 6.71. The van der Waals surface area contributed by atoms with E-state index in [1.54, 1.807) is 0 Å².